The summed E-state index contributed by atoms with van der Waals surface area (Å²) in [4.78, 5) is 4.15. The van der Waals surface area contributed by atoms with Crippen molar-refractivity contribution < 1.29 is 9.26 Å². The molecule has 0 aliphatic carbocycles. The van der Waals surface area contributed by atoms with Crippen LogP contribution in [0.4, 0.5) is 0 Å². The molecule has 0 bridgehead atoms. The van der Waals surface area contributed by atoms with Crippen molar-refractivity contribution in [3.05, 3.63) is 11.7 Å². The standard InChI is InChI=1S/C11H21N3O2/c1-8(2)10(7-15-4)12-6-5-11-13-9(3)14-16-11/h8,10,12H,5-7H2,1-4H3. The lowest BCUT2D eigenvalue weighted by atomic mass is 10.1. The molecular formula is C11H21N3O2. The molecule has 0 aliphatic heterocycles. The first-order valence-corrected chi connectivity index (χ1v) is 5.65. The van der Waals surface area contributed by atoms with E-state index in [0.717, 1.165) is 19.6 Å². The number of rotatable bonds is 7. The summed E-state index contributed by atoms with van der Waals surface area (Å²) in [6.07, 6.45) is 0.758. The second-order valence-corrected chi connectivity index (χ2v) is 4.25. The number of aryl methyl sites for hydroxylation is 1. The fourth-order valence-electron chi connectivity index (χ4n) is 1.47. The first-order chi connectivity index (χ1) is 7.63. The van der Waals surface area contributed by atoms with Crippen molar-refractivity contribution in [2.75, 3.05) is 20.3 Å². The summed E-state index contributed by atoms with van der Waals surface area (Å²) in [6.45, 7) is 7.72. The predicted molar refractivity (Wildman–Crippen MR) is 61.2 cm³/mol. The zero-order chi connectivity index (χ0) is 12.0. The van der Waals surface area contributed by atoms with Crippen LogP contribution in [0.2, 0.25) is 0 Å². The molecule has 1 N–H and O–H groups in total. The van der Waals surface area contributed by atoms with E-state index >= 15 is 0 Å². The van der Waals surface area contributed by atoms with Crippen LogP contribution in [0, 0.1) is 12.8 Å². The average molecular weight is 227 g/mol. The monoisotopic (exact) mass is 227 g/mol. The average Bonchev–Trinajstić information content (AvgIpc) is 2.63. The zero-order valence-corrected chi connectivity index (χ0v) is 10.5. The third-order valence-electron chi connectivity index (χ3n) is 2.47. The SMILES string of the molecule is COCC(NCCc1nc(C)no1)C(C)C. The van der Waals surface area contributed by atoms with Gasteiger partial charge in [0.15, 0.2) is 5.82 Å². The quantitative estimate of drug-likeness (QED) is 0.758. The summed E-state index contributed by atoms with van der Waals surface area (Å²) >= 11 is 0. The molecule has 0 fully saturated rings. The lowest BCUT2D eigenvalue weighted by Gasteiger charge is -2.21. The Bertz CT molecular complexity index is 299. The second kappa shape index (κ2) is 6.60. The molecule has 1 aromatic rings. The van der Waals surface area contributed by atoms with Gasteiger partial charge in [0.1, 0.15) is 0 Å². The van der Waals surface area contributed by atoms with Gasteiger partial charge in [-0.1, -0.05) is 19.0 Å². The fourth-order valence-corrected chi connectivity index (χ4v) is 1.47. The number of methoxy groups -OCH3 is 1. The van der Waals surface area contributed by atoms with Crippen molar-refractivity contribution >= 4 is 0 Å². The van der Waals surface area contributed by atoms with Gasteiger partial charge in [-0.2, -0.15) is 4.98 Å². The molecule has 0 spiro atoms. The maximum atomic E-state index is 5.16. The number of hydrogen-bond acceptors (Lipinski definition) is 5. The maximum absolute atomic E-state index is 5.16. The summed E-state index contributed by atoms with van der Waals surface area (Å²) in [5, 5.41) is 7.17. The van der Waals surface area contributed by atoms with Crippen molar-refractivity contribution in [3.8, 4) is 0 Å². The van der Waals surface area contributed by atoms with Gasteiger partial charge in [-0.15, -0.1) is 0 Å². The summed E-state index contributed by atoms with van der Waals surface area (Å²) in [5.41, 5.74) is 0. The van der Waals surface area contributed by atoms with Gasteiger partial charge in [-0.3, -0.25) is 0 Å². The van der Waals surface area contributed by atoms with Crippen LogP contribution in [0.3, 0.4) is 0 Å². The first-order valence-electron chi connectivity index (χ1n) is 5.65. The molecule has 0 amide bonds. The molecule has 1 unspecified atom stereocenters. The minimum absolute atomic E-state index is 0.369. The van der Waals surface area contributed by atoms with Crippen LogP contribution < -0.4 is 5.32 Å². The Morgan fingerprint density at radius 1 is 1.44 bits per heavy atom. The van der Waals surface area contributed by atoms with Crippen molar-refractivity contribution in [1.29, 1.82) is 0 Å². The maximum Gasteiger partial charge on any atom is 0.227 e. The normalized spacial score (nSPS) is 13.3. The lowest BCUT2D eigenvalue weighted by molar-refractivity contribution is 0.147. The number of ether oxygens (including phenoxy) is 1. The molecule has 0 saturated carbocycles. The van der Waals surface area contributed by atoms with Gasteiger partial charge in [0.05, 0.1) is 6.61 Å². The third-order valence-corrected chi connectivity index (χ3v) is 2.47. The van der Waals surface area contributed by atoms with E-state index in [9.17, 15) is 0 Å². The summed E-state index contributed by atoms with van der Waals surface area (Å²) in [5.74, 6) is 1.92. The van der Waals surface area contributed by atoms with E-state index < -0.39 is 0 Å². The molecule has 1 rings (SSSR count). The topological polar surface area (TPSA) is 60.2 Å². The van der Waals surface area contributed by atoms with E-state index in [4.69, 9.17) is 9.26 Å². The van der Waals surface area contributed by atoms with Crippen LogP contribution in [0.15, 0.2) is 4.52 Å². The molecule has 1 atom stereocenters. The van der Waals surface area contributed by atoms with Gasteiger partial charge in [0.2, 0.25) is 5.89 Å². The minimum atomic E-state index is 0.369. The predicted octanol–water partition coefficient (Wildman–Crippen LogP) is 1.18. The van der Waals surface area contributed by atoms with E-state index in [2.05, 4.69) is 29.3 Å². The molecule has 1 aromatic heterocycles. The Hall–Kier alpha value is -0.940. The molecule has 5 nitrogen and oxygen atoms in total. The highest BCUT2D eigenvalue weighted by Crippen LogP contribution is 2.02. The number of hydrogen-bond donors (Lipinski definition) is 1. The van der Waals surface area contributed by atoms with Gasteiger partial charge in [0, 0.05) is 26.1 Å². The largest absolute Gasteiger partial charge is 0.383 e. The number of aromatic nitrogens is 2. The summed E-state index contributed by atoms with van der Waals surface area (Å²) in [6, 6.07) is 0.369. The number of nitrogens with zero attached hydrogens (tertiary/aromatic N) is 2. The molecule has 5 heteroatoms. The van der Waals surface area contributed by atoms with Gasteiger partial charge in [0.25, 0.3) is 0 Å². The van der Waals surface area contributed by atoms with Crippen LogP contribution >= 0.6 is 0 Å². The van der Waals surface area contributed by atoms with E-state index in [-0.39, 0.29) is 0 Å². The molecule has 16 heavy (non-hydrogen) atoms. The molecule has 0 radical (unpaired) electrons. The van der Waals surface area contributed by atoms with Gasteiger partial charge >= 0.3 is 0 Å². The Kier molecular flexibility index (Phi) is 5.42. The van der Waals surface area contributed by atoms with E-state index in [1.165, 1.54) is 0 Å². The Morgan fingerprint density at radius 2 is 2.19 bits per heavy atom. The highest BCUT2D eigenvalue weighted by Gasteiger charge is 2.12. The van der Waals surface area contributed by atoms with Gasteiger partial charge in [-0.25, -0.2) is 0 Å². The van der Waals surface area contributed by atoms with E-state index in [1.807, 2.05) is 6.92 Å². The van der Waals surface area contributed by atoms with Crippen molar-refractivity contribution in [2.24, 2.45) is 5.92 Å². The summed E-state index contributed by atoms with van der Waals surface area (Å²) in [7, 11) is 1.72. The van der Waals surface area contributed by atoms with E-state index in [0.29, 0.717) is 23.7 Å². The summed E-state index contributed by atoms with van der Waals surface area (Å²) < 4.78 is 10.2. The van der Waals surface area contributed by atoms with E-state index in [1.54, 1.807) is 7.11 Å². The highest BCUT2D eigenvalue weighted by molar-refractivity contribution is 4.84. The number of nitrogens with one attached hydrogen (secondary N) is 1. The molecule has 0 aliphatic rings. The van der Waals surface area contributed by atoms with Crippen LogP contribution in [-0.2, 0) is 11.2 Å². The molecule has 0 aromatic carbocycles. The molecular weight excluding hydrogens is 206 g/mol. The van der Waals surface area contributed by atoms with Crippen molar-refractivity contribution in [3.63, 3.8) is 0 Å². The second-order valence-electron chi connectivity index (χ2n) is 4.25. The molecule has 1 heterocycles. The lowest BCUT2D eigenvalue weighted by Crippen LogP contribution is -2.38. The van der Waals surface area contributed by atoms with Gasteiger partial charge < -0.3 is 14.6 Å². The Balaban J connectivity index is 2.27. The Morgan fingerprint density at radius 3 is 2.69 bits per heavy atom. The zero-order valence-electron chi connectivity index (χ0n) is 10.5. The van der Waals surface area contributed by atoms with Crippen molar-refractivity contribution in [2.45, 2.75) is 33.2 Å². The van der Waals surface area contributed by atoms with Crippen LogP contribution in [0.25, 0.3) is 0 Å². The highest BCUT2D eigenvalue weighted by atomic mass is 16.5. The first kappa shape index (κ1) is 13.1. The van der Waals surface area contributed by atoms with Crippen LogP contribution in [-0.4, -0.2) is 36.4 Å². The third kappa shape index (κ3) is 4.28. The van der Waals surface area contributed by atoms with Crippen LogP contribution in [0.1, 0.15) is 25.6 Å². The molecule has 0 saturated heterocycles. The molecule has 92 valence electrons. The minimum Gasteiger partial charge on any atom is -0.383 e. The smallest absolute Gasteiger partial charge is 0.227 e. The fraction of sp³-hybridized carbons (Fsp3) is 0.818. The van der Waals surface area contributed by atoms with Crippen LogP contribution in [0.5, 0.6) is 0 Å². The van der Waals surface area contributed by atoms with Crippen molar-refractivity contribution in [1.82, 2.24) is 15.5 Å². The Labute approximate surface area is 96.6 Å². The van der Waals surface area contributed by atoms with Gasteiger partial charge in [-0.05, 0) is 12.8 Å².